The van der Waals surface area contributed by atoms with Gasteiger partial charge in [0.05, 0.1) is 0 Å². The number of carbonyl (C=O) groups excluding carboxylic acids is 3. The Morgan fingerprint density at radius 1 is 0.907 bits per heavy atom. The molecule has 0 bridgehead atoms. The molecule has 0 heterocycles. The van der Waals surface area contributed by atoms with Crippen LogP contribution in [0.2, 0.25) is 0 Å². The third-order valence-corrected chi connectivity index (χ3v) is 7.17. The molecule has 0 fully saturated rings. The van der Waals surface area contributed by atoms with Crippen molar-refractivity contribution in [3.05, 3.63) is 89.0 Å². The first-order valence-corrected chi connectivity index (χ1v) is 14.5. The van der Waals surface area contributed by atoms with Crippen LogP contribution in [0.4, 0.5) is 10.5 Å². The first-order valence-electron chi connectivity index (χ1n) is 14.5. The zero-order chi connectivity index (χ0) is 31.9. The SMILES string of the molecule is CCC(C)N(C(=O)C(Cc1ccc(O)cc1)NC(=O)OC(C)(C)C)C(C(=O)Nc1c(C)cccc1C)c1ccccc1O. The number of carbonyl (C=O) groups is 3. The van der Waals surface area contributed by atoms with Crippen molar-refractivity contribution in [1.82, 2.24) is 10.2 Å². The van der Waals surface area contributed by atoms with Crippen LogP contribution in [-0.2, 0) is 20.7 Å². The highest BCUT2D eigenvalue weighted by Crippen LogP contribution is 2.34. The lowest BCUT2D eigenvalue weighted by atomic mass is 9.97. The number of anilines is 1. The maximum atomic E-state index is 14.6. The highest BCUT2D eigenvalue weighted by Gasteiger charge is 2.40. The Kier molecular flexibility index (Phi) is 10.8. The second kappa shape index (κ2) is 14.1. The van der Waals surface area contributed by atoms with Crippen LogP contribution in [0.25, 0.3) is 0 Å². The number of hydrogen-bond acceptors (Lipinski definition) is 6. The van der Waals surface area contributed by atoms with Crippen molar-refractivity contribution in [2.24, 2.45) is 0 Å². The number of nitrogens with zero attached hydrogens (tertiary/aromatic N) is 1. The van der Waals surface area contributed by atoms with E-state index in [-0.39, 0.29) is 23.5 Å². The van der Waals surface area contributed by atoms with E-state index in [0.717, 1.165) is 11.1 Å². The van der Waals surface area contributed by atoms with Gasteiger partial charge in [0.2, 0.25) is 5.91 Å². The predicted octanol–water partition coefficient (Wildman–Crippen LogP) is 6.16. The Balaban J connectivity index is 2.13. The first kappa shape index (κ1) is 33.0. The number of ether oxygens (including phenoxy) is 1. The number of aromatic hydroxyl groups is 2. The molecule has 3 amide bonds. The summed E-state index contributed by atoms with van der Waals surface area (Å²) in [5, 5.41) is 26.4. The smallest absolute Gasteiger partial charge is 0.408 e. The van der Waals surface area contributed by atoms with Crippen LogP contribution < -0.4 is 10.6 Å². The van der Waals surface area contributed by atoms with E-state index < -0.39 is 41.6 Å². The molecule has 3 rings (SSSR count). The molecule has 0 aliphatic heterocycles. The zero-order valence-corrected chi connectivity index (χ0v) is 26.0. The van der Waals surface area contributed by atoms with Gasteiger partial charge >= 0.3 is 6.09 Å². The largest absolute Gasteiger partial charge is 0.508 e. The second-order valence-electron chi connectivity index (χ2n) is 11.8. The molecule has 9 nitrogen and oxygen atoms in total. The maximum Gasteiger partial charge on any atom is 0.408 e. The molecule has 3 unspecified atom stereocenters. The number of nitrogens with one attached hydrogen (secondary N) is 2. The number of alkyl carbamates (subject to hydrolysis) is 1. The number of phenols is 2. The van der Waals surface area contributed by atoms with Crippen LogP contribution in [0.5, 0.6) is 11.5 Å². The van der Waals surface area contributed by atoms with Crippen molar-refractivity contribution in [1.29, 1.82) is 0 Å². The molecule has 0 aliphatic carbocycles. The summed E-state index contributed by atoms with van der Waals surface area (Å²) in [6.07, 6.45) is -0.227. The van der Waals surface area contributed by atoms with E-state index in [1.807, 2.05) is 45.9 Å². The lowest BCUT2D eigenvalue weighted by Gasteiger charge is -2.38. The first-order chi connectivity index (χ1) is 20.2. The van der Waals surface area contributed by atoms with E-state index in [1.54, 1.807) is 51.1 Å². The molecule has 0 saturated carbocycles. The van der Waals surface area contributed by atoms with E-state index in [4.69, 9.17) is 4.74 Å². The van der Waals surface area contributed by atoms with E-state index in [0.29, 0.717) is 17.7 Å². The van der Waals surface area contributed by atoms with Crippen LogP contribution in [0.1, 0.15) is 69.3 Å². The van der Waals surface area contributed by atoms with Gasteiger partial charge < -0.3 is 30.5 Å². The lowest BCUT2D eigenvalue weighted by Crippen LogP contribution is -2.55. The summed E-state index contributed by atoms with van der Waals surface area (Å²) in [5.74, 6) is -1.11. The van der Waals surface area contributed by atoms with E-state index in [1.165, 1.54) is 23.1 Å². The second-order valence-corrected chi connectivity index (χ2v) is 11.8. The predicted molar refractivity (Wildman–Crippen MR) is 167 cm³/mol. The summed E-state index contributed by atoms with van der Waals surface area (Å²) in [6, 6.07) is 15.6. The molecule has 3 atom stereocenters. The van der Waals surface area contributed by atoms with Gasteiger partial charge in [-0.25, -0.2) is 4.79 Å². The van der Waals surface area contributed by atoms with Gasteiger partial charge in [-0.1, -0.05) is 55.5 Å². The molecule has 43 heavy (non-hydrogen) atoms. The number of hydrogen-bond donors (Lipinski definition) is 4. The van der Waals surface area contributed by atoms with Gasteiger partial charge in [0.1, 0.15) is 29.2 Å². The van der Waals surface area contributed by atoms with Crippen molar-refractivity contribution in [3.63, 3.8) is 0 Å². The monoisotopic (exact) mass is 589 g/mol. The lowest BCUT2D eigenvalue weighted by molar-refractivity contribution is -0.143. The minimum Gasteiger partial charge on any atom is -0.508 e. The normalized spacial score (nSPS) is 13.4. The zero-order valence-electron chi connectivity index (χ0n) is 26.0. The van der Waals surface area contributed by atoms with Crippen LogP contribution in [-0.4, -0.2) is 50.7 Å². The molecule has 0 aliphatic rings. The third-order valence-electron chi connectivity index (χ3n) is 7.17. The van der Waals surface area contributed by atoms with Crippen molar-refractivity contribution >= 4 is 23.6 Å². The van der Waals surface area contributed by atoms with Gasteiger partial charge in [-0.3, -0.25) is 9.59 Å². The number of aryl methyl sites for hydroxylation is 2. The summed E-state index contributed by atoms with van der Waals surface area (Å²) in [7, 11) is 0. The van der Waals surface area contributed by atoms with Gasteiger partial charge in [0.15, 0.2) is 0 Å². The average molecular weight is 590 g/mol. The molecule has 4 N–H and O–H groups in total. The quantitative estimate of drug-likeness (QED) is 0.224. The van der Waals surface area contributed by atoms with Crippen molar-refractivity contribution in [2.45, 2.75) is 85.0 Å². The van der Waals surface area contributed by atoms with Gasteiger partial charge in [-0.05, 0) is 82.9 Å². The fourth-order valence-electron chi connectivity index (χ4n) is 4.83. The highest BCUT2D eigenvalue weighted by molar-refractivity contribution is 6.00. The van der Waals surface area contributed by atoms with E-state index >= 15 is 0 Å². The van der Waals surface area contributed by atoms with E-state index in [2.05, 4.69) is 10.6 Å². The van der Waals surface area contributed by atoms with Crippen LogP contribution >= 0.6 is 0 Å². The number of benzene rings is 3. The van der Waals surface area contributed by atoms with Crippen molar-refractivity contribution in [3.8, 4) is 11.5 Å². The fraction of sp³-hybridized carbons (Fsp3) is 0.382. The summed E-state index contributed by atoms with van der Waals surface area (Å²) in [4.78, 5) is 43.2. The molecule has 0 aromatic heterocycles. The van der Waals surface area contributed by atoms with E-state index in [9.17, 15) is 24.6 Å². The van der Waals surface area contributed by atoms with Gasteiger partial charge in [0.25, 0.3) is 5.91 Å². The minimum atomic E-state index is -1.23. The molecule has 0 saturated heterocycles. The molecule has 3 aromatic carbocycles. The van der Waals surface area contributed by atoms with Crippen LogP contribution in [0.3, 0.4) is 0 Å². The summed E-state index contributed by atoms with van der Waals surface area (Å²) in [6.45, 7) is 12.7. The summed E-state index contributed by atoms with van der Waals surface area (Å²) < 4.78 is 5.48. The Morgan fingerprint density at radius 2 is 1.51 bits per heavy atom. The molecule has 3 aromatic rings. The summed E-state index contributed by atoms with van der Waals surface area (Å²) >= 11 is 0. The molecular weight excluding hydrogens is 546 g/mol. The van der Waals surface area contributed by atoms with Gasteiger partial charge in [-0.15, -0.1) is 0 Å². The number of amides is 3. The Bertz CT molecular complexity index is 1410. The molecule has 0 radical (unpaired) electrons. The third kappa shape index (κ3) is 8.73. The number of rotatable bonds is 10. The minimum absolute atomic E-state index is 0.0655. The average Bonchev–Trinajstić information content (AvgIpc) is 2.93. The maximum absolute atomic E-state index is 14.6. The molecule has 230 valence electrons. The molecule has 9 heteroatoms. The highest BCUT2D eigenvalue weighted by atomic mass is 16.6. The van der Waals surface area contributed by atoms with Crippen LogP contribution in [0.15, 0.2) is 66.7 Å². The van der Waals surface area contributed by atoms with Gasteiger partial charge in [0, 0.05) is 23.7 Å². The Hall–Kier alpha value is -4.53. The Morgan fingerprint density at radius 3 is 2.07 bits per heavy atom. The standard InChI is InChI=1S/C34H43N3O6/c1-8-23(4)37(32(41)27(35-33(42)43-34(5,6)7)20-24-16-18-25(38)19-17-24)30(26-14-9-10-15-28(26)39)31(40)36-29-21(2)12-11-13-22(29)3/h9-19,23,27,30,38-39H,8,20H2,1-7H3,(H,35,42)(H,36,40). The van der Waals surface area contributed by atoms with Gasteiger partial charge in [-0.2, -0.15) is 0 Å². The fourth-order valence-corrected chi connectivity index (χ4v) is 4.83. The topological polar surface area (TPSA) is 128 Å². The molecular formula is C34H43N3O6. The number of para-hydroxylation sites is 2. The van der Waals surface area contributed by atoms with Crippen LogP contribution in [0, 0.1) is 13.8 Å². The number of phenolic OH excluding ortho intramolecular Hbond substituents is 2. The Labute approximate surface area is 253 Å². The van der Waals surface area contributed by atoms with Crippen molar-refractivity contribution < 1.29 is 29.3 Å². The van der Waals surface area contributed by atoms with Crippen molar-refractivity contribution in [2.75, 3.05) is 5.32 Å². The molecule has 0 spiro atoms. The summed E-state index contributed by atoms with van der Waals surface area (Å²) in [5.41, 5.74) is 2.44.